The monoisotopic (exact) mass is 169 g/mol. The highest BCUT2D eigenvalue weighted by molar-refractivity contribution is 6.28. The molecular weight excluding hydrogens is 166 g/mol. The summed E-state index contributed by atoms with van der Waals surface area (Å²) in [5.41, 5.74) is 0.896. The van der Waals surface area contributed by atoms with E-state index in [1.807, 2.05) is 0 Å². The van der Waals surface area contributed by atoms with Crippen LogP contribution in [0.15, 0.2) is 22.6 Å². The van der Waals surface area contributed by atoms with Crippen molar-refractivity contribution in [1.29, 1.82) is 0 Å². The van der Waals surface area contributed by atoms with Gasteiger partial charge in [-0.2, -0.15) is 4.98 Å². The number of halogens is 1. The van der Waals surface area contributed by atoms with Crippen molar-refractivity contribution in [3.8, 4) is 5.75 Å². The van der Waals surface area contributed by atoms with Gasteiger partial charge < -0.3 is 9.52 Å². The smallest absolute Gasteiger partial charge is 0.293 e. The Balaban J connectivity index is 2.90. The van der Waals surface area contributed by atoms with Crippen molar-refractivity contribution in [3.63, 3.8) is 0 Å². The SMILES string of the molecule is Oc1cccc2nc(Cl)oc12. The molecule has 0 aliphatic rings. The summed E-state index contributed by atoms with van der Waals surface area (Å²) in [5, 5.41) is 9.24. The second kappa shape index (κ2) is 2.13. The van der Waals surface area contributed by atoms with E-state index in [0.717, 1.165) is 0 Å². The zero-order valence-corrected chi connectivity index (χ0v) is 6.17. The van der Waals surface area contributed by atoms with Crippen LogP contribution in [0.25, 0.3) is 11.1 Å². The van der Waals surface area contributed by atoms with Crippen molar-refractivity contribution in [2.24, 2.45) is 0 Å². The first kappa shape index (κ1) is 6.49. The van der Waals surface area contributed by atoms with Gasteiger partial charge in [0.05, 0.1) is 0 Å². The van der Waals surface area contributed by atoms with E-state index >= 15 is 0 Å². The maximum atomic E-state index is 9.19. The minimum atomic E-state index is 0.0431. The number of benzene rings is 1. The van der Waals surface area contributed by atoms with Gasteiger partial charge >= 0.3 is 0 Å². The lowest BCUT2D eigenvalue weighted by molar-refractivity contribution is 0.464. The Bertz CT molecular complexity index is 396. The molecule has 0 saturated carbocycles. The van der Waals surface area contributed by atoms with Gasteiger partial charge in [-0.25, -0.2) is 0 Å². The molecule has 11 heavy (non-hydrogen) atoms. The van der Waals surface area contributed by atoms with Gasteiger partial charge in [-0.15, -0.1) is 0 Å². The molecule has 56 valence electrons. The van der Waals surface area contributed by atoms with Crippen molar-refractivity contribution in [3.05, 3.63) is 23.5 Å². The number of oxazole rings is 1. The molecule has 0 saturated heterocycles. The van der Waals surface area contributed by atoms with E-state index in [2.05, 4.69) is 4.98 Å². The lowest BCUT2D eigenvalue weighted by Gasteiger charge is -1.88. The molecule has 0 fully saturated rings. The fourth-order valence-electron chi connectivity index (χ4n) is 0.907. The van der Waals surface area contributed by atoms with Crippen molar-refractivity contribution in [2.75, 3.05) is 0 Å². The molecule has 1 N–H and O–H groups in total. The third-order valence-electron chi connectivity index (χ3n) is 1.37. The van der Waals surface area contributed by atoms with Crippen LogP contribution in [0.1, 0.15) is 0 Å². The summed E-state index contributed by atoms with van der Waals surface area (Å²) in [5.74, 6) is 0.0573. The van der Waals surface area contributed by atoms with Gasteiger partial charge in [0.25, 0.3) is 5.35 Å². The molecule has 1 aromatic carbocycles. The largest absolute Gasteiger partial charge is 0.504 e. The van der Waals surface area contributed by atoms with Crippen LogP contribution < -0.4 is 0 Å². The third-order valence-corrected chi connectivity index (χ3v) is 1.53. The lowest BCUT2D eigenvalue weighted by Crippen LogP contribution is -1.66. The Morgan fingerprint density at radius 1 is 1.45 bits per heavy atom. The predicted molar refractivity (Wildman–Crippen MR) is 40.7 cm³/mol. The van der Waals surface area contributed by atoms with E-state index in [0.29, 0.717) is 11.1 Å². The van der Waals surface area contributed by atoms with Crippen LogP contribution in [-0.2, 0) is 0 Å². The Kier molecular flexibility index (Phi) is 1.26. The number of hydrogen-bond acceptors (Lipinski definition) is 3. The Labute approximate surface area is 67.2 Å². The van der Waals surface area contributed by atoms with E-state index in [9.17, 15) is 5.11 Å². The summed E-state index contributed by atoms with van der Waals surface area (Å²) < 4.78 is 4.90. The molecule has 0 radical (unpaired) electrons. The van der Waals surface area contributed by atoms with E-state index in [4.69, 9.17) is 16.0 Å². The molecule has 1 aromatic heterocycles. The number of aromatic nitrogens is 1. The standard InChI is InChI=1S/C7H4ClNO2/c8-7-9-4-2-1-3-5(10)6(4)11-7/h1-3,10H. The summed E-state index contributed by atoms with van der Waals surface area (Å²) in [4.78, 5) is 3.81. The van der Waals surface area contributed by atoms with E-state index in [1.165, 1.54) is 6.07 Å². The fourth-order valence-corrected chi connectivity index (χ4v) is 1.08. The fraction of sp³-hybridized carbons (Fsp3) is 0. The molecule has 0 aliphatic carbocycles. The summed E-state index contributed by atoms with van der Waals surface area (Å²) in [6.07, 6.45) is 0. The molecule has 4 heteroatoms. The molecule has 0 amide bonds. The van der Waals surface area contributed by atoms with E-state index < -0.39 is 0 Å². The van der Waals surface area contributed by atoms with Crippen LogP contribution in [0.4, 0.5) is 0 Å². The summed E-state index contributed by atoms with van der Waals surface area (Å²) in [7, 11) is 0. The number of fused-ring (bicyclic) bond motifs is 1. The van der Waals surface area contributed by atoms with Crippen LogP contribution in [0.3, 0.4) is 0 Å². The molecule has 0 bridgehead atoms. The first-order chi connectivity index (χ1) is 5.27. The van der Waals surface area contributed by atoms with E-state index in [-0.39, 0.29) is 11.1 Å². The van der Waals surface area contributed by atoms with E-state index in [1.54, 1.807) is 12.1 Å². The highest BCUT2D eigenvalue weighted by atomic mass is 35.5. The van der Waals surface area contributed by atoms with Crippen LogP contribution in [0.5, 0.6) is 5.75 Å². The highest BCUT2D eigenvalue weighted by Crippen LogP contribution is 2.26. The van der Waals surface area contributed by atoms with Crippen molar-refractivity contribution >= 4 is 22.7 Å². The average Bonchev–Trinajstić information content (AvgIpc) is 2.31. The normalized spacial score (nSPS) is 10.6. The maximum absolute atomic E-state index is 9.19. The first-order valence-corrected chi connectivity index (χ1v) is 3.39. The number of nitrogens with zero attached hydrogens (tertiary/aromatic N) is 1. The van der Waals surface area contributed by atoms with Crippen LogP contribution in [0, 0.1) is 0 Å². The molecule has 0 atom stereocenters. The quantitative estimate of drug-likeness (QED) is 0.658. The van der Waals surface area contributed by atoms with Gasteiger partial charge in [0.2, 0.25) is 0 Å². The molecule has 0 spiro atoms. The lowest BCUT2D eigenvalue weighted by atomic mass is 10.3. The second-order valence-corrected chi connectivity index (χ2v) is 2.42. The van der Waals surface area contributed by atoms with Gasteiger partial charge in [-0.05, 0) is 23.7 Å². The van der Waals surface area contributed by atoms with Crippen LogP contribution in [-0.4, -0.2) is 10.1 Å². The zero-order valence-electron chi connectivity index (χ0n) is 5.41. The summed E-state index contributed by atoms with van der Waals surface area (Å²) in [6, 6.07) is 4.91. The third kappa shape index (κ3) is 0.935. The van der Waals surface area contributed by atoms with Gasteiger partial charge in [-0.1, -0.05) is 6.07 Å². The molecule has 2 aromatic rings. The predicted octanol–water partition coefficient (Wildman–Crippen LogP) is 2.19. The first-order valence-electron chi connectivity index (χ1n) is 3.01. The zero-order chi connectivity index (χ0) is 7.84. The molecular formula is C7H4ClNO2. The summed E-state index contributed by atoms with van der Waals surface area (Å²) in [6.45, 7) is 0. The summed E-state index contributed by atoms with van der Waals surface area (Å²) >= 11 is 5.47. The molecule has 2 rings (SSSR count). The Hall–Kier alpha value is -1.22. The van der Waals surface area contributed by atoms with Gasteiger partial charge in [0.1, 0.15) is 5.52 Å². The number of para-hydroxylation sites is 1. The number of phenols is 1. The topological polar surface area (TPSA) is 46.3 Å². The van der Waals surface area contributed by atoms with Crippen LogP contribution in [0.2, 0.25) is 5.35 Å². The van der Waals surface area contributed by atoms with Gasteiger partial charge in [-0.3, -0.25) is 0 Å². The number of hydrogen-bond donors (Lipinski definition) is 1. The second-order valence-electron chi connectivity index (χ2n) is 2.09. The van der Waals surface area contributed by atoms with Crippen molar-refractivity contribution in [2.45, 2.75) is 0 Å². The van der Waals surface area contributed by atoms with Crippen molar-refractivity contribution in [1.82, 2.24) is 4.98 Å². The minimum Gasteiger partial charge on any atom is -0.504 e. The van der Waals surface area contributed by atoms with Gasteiger partial charge in [0.15, 0.2) is 11.3 Å². The number of aromatic hydroxyl groups is 1. The van der Waals surface area contributed by atoms with Crippen molar-refractivity contribution < 1.29 is 9.52 Å². The molecule has 1 heterocycles. The Morgan fingerprint density at radius 3 is 3.00 bits per heavy atom. The maximum Gasteiger partial charge on any atom is 0.293 e. The Morgan fingerprint density at radius 2 is 2.27 bits per heavy atom. The highest BCUT2D eigenvalue weighted by Gasteiger charge is 2.05. The van der Waals surface area contributed by atoms with Crippen LogP contribution >= 0.6 is 11.6 Å². The average molecular weight is 170 g/mol. The number of phenolic OH excluding ortho intramolecular Hbond substituents is 1. The number of rotatable bonds is 0. The minimum absolute atomic E-state index is 0.0431. The van der Waals surface area contributed by atoms with Gasteiger partial charge in [0, 0.05) is 0 Å². The molecule has 0 aliphatic heterocycles. The molecule has 0 unspecified atom stereocenters. The molecule has 3 nitrogen and oxygen atoms in total.